The van der Waals surface area contributed by atoms with Gasteiger partial charge in [-0.3, -0.25) is 14.9 Å². The summed E-state index contributed by atoms with van der Waals surface area (Å²) in [6, 6.07) is 14.0. The number of carbonyl (C=O) groups is 1. The topological polar surface area (TPSA) is 93.2 Å². The Bertz CT molecular complexity index is 894. The average Bonchev–Trinajstić information content (AvgIpc) is 2.64. The summed E-state index contributed by atoms with van der Waals surface area (Å²) in [7, 11) is 0. The summed E-state index contributed by atoms with van der Waals surface area (Å²) < 4.78 is 5.50. The molecule has 0 saturated heterocycles. The summed E-state index contributed by atoms with van der Waals surface area (Å²) in [6.07, 6.45) is 2.99. The molecular weight excluding hydrogens is 320 g/mol. The molecule has 0 radical (unpaired) electrons. The molecule has 0 N–H and O–H groups in total. The molecule has 0 aliphatic rings. The maximum absolute atomic E-state index is 12.5. The van der Waals surface area contributed by atoms with Gasteiger partial charge in [0.05, 0.1) is 4.92 Å². The number of nitriles is 1. The standard InChI is InChI=1S/C19H14N2O4/c1-2-10-25-18-9-4-3-6-14(18)11-16(13-20)19(22)15-7-5-8-17(12-15)21(23)24/h2-9,11-12H,1,10H2/b16-11+. The molecule has 0 atom stereocenters. The molecule has 0 unspecified atom stereocenters. The van der Waals surface area contributed by atoms with Gasteiger partial charge < -0.3 is 4.74 Å². The zero-order valence-electron chi connectivity index (χ0n) is 13.2. The van der Waals surface area contributed by atoms with E-state index in [2.05, 4.69) is 6.58 Å². The van der Waals surface area contributed by atoms with Crippen LogP contribution in [0.25, 0.3) is 6.08 Å². The van der Waals surface area contributed by atoms with Crippen LogP contribution < -0.4 is 4.74 Å². The molecular formula is C19H14N2O4. The van der Waals surface area contributed by atoms with Crippen LogP contribution in [0.2, 0.25) is 0 Å². The van der Waals surface area contributed by atoms with E-state index in [1.165, 1.54) is 24.3 Å². The molecule has 0 saturated carbocycles. The van der Waals surface area contributed by atoms with Gasteiger partial charge in [0.1, 0.15) is 24.0 Å². The molecule has 124 valence electrons. The number of carbonyl (C=O) groups excluding carboxylic acids is 1. The summed E-state index contributed by atoms with van der Waals surface area (Å²) in [5, 5.41) is 20.2. The van der Waals surface area contributed by atoms with Crippen molar-refractivity contribution < 1.29 is 14.5 Å². The minimum atomic E-state index is -0.593. The Morgan fingerprint density at radius 2 is 2.04 bits per heavy atom. The minimum Gasteiger partial charge on any atom is -0.489 e. The predicted octanol–water partition coefficient (Wildman–Crippen LogP) is 3.95. The molecule has 2 rings (SSSR count). The van der Waals surface area contributed by atoms with Crippen LogP contribution in [0.3, 0.4) is 0 Å². The molecule has 0 aliphatic heterocycles. The van der Waals surface area contributed by atoms with Gasteiger partial charge in [0.2, 0.25) is 5.78 Å². The highest BCUT2D eigenvalue weighted by molar-refractivity contribution is 6.14. The molecule has 6 heteroatoms. The Balaban J connectivity index is 2.40. The normalized spacial score (nSPS) is 10.6. The monoisotopic (exact) mass is 334 g/mol. The number of hydrogen-bond donors (Lipinski definition) is 0. The van der Waals surface area contributed by atoms with E-state index in [0.717, 1.165) is 6.07 Å². The third-order valence-corrected chi connectivity index (χ3v) is 3.26. The zero-order valence-corrected chi connectivity index (χ0v) is 13.2. The fraction of sp³-hybridized carbons (Fsp3) is 0.0526. The fourth-order valence-corrected chi connectivity index (χ4v) is 2.10. The Kier molecular flexibility index (Phi) is 5.80. The van der Waals surface area contributed by atoms with Crippen LogP contribution in [-0.2, 0) is 0 Å². The molecule has 2 aromatic carbocycles. The number of nitrogens with zero attached hydrogens (tertiary/aromatic N) is 2. The third-order valence-electron chi connectivity index (χ3n) is 3.26. The van der Waals surface area contributed by atoms with Gasteiger partial charge in [-0.25, -0.2) is 0 Å². The fourth-order valence-electron chi connectivity index (χ4n) is 2.10. The molecule has 0 fully saturated rings. The largest absolute Gasteiger partial charge is 0.489 e. The number of non-ortho nitro benzene ring substituents is 1. The number of para-hydroxylation sites is 1. The molecule has 6 nitrogen and oxygen atoms in total. The van der Waals surface area contributed by atoms with E-state index < -0.39 is 10.7 Å². The van der Waals surface area contributed by atoms with Crippen molar-refractivity contribution in [3.63, 3.8) is 0 Å². The second-order valence-electron chi connectivity index (χ2n) is 4.94. The summed E-state index contributed by atoms with van der Waals surface area (Å²) >= 11 is 0. The van der Waals surface area contributed by atoms with Crippen LogP contribution in [0.4, 0.5) is 5.69 Å². The molecule has 0 aliphatic carbocycles. The van der Waals surface area contributed by atoms with E-state index in [-0.39, 0.29) is 23.4 Å². The van der Waals surface area contributed by atoms with Crippen LogP contribution in [0.5, 0.6) is 5.75 Å². The zero-order chi connectivity index (χ0) is 18.2. The first kappa shape index (κ1) is 17.6. The van der Waals surface area contributed by atoms with Crippen molar-refractivity contribution in [1.82, 2.24) is 0 Å². The Morgan fingerprint density at radius 3 is 2.72 bits per heavy atom. The first-order valence-electron chi connectivity index (χ1n) is 7.30. The van der Waals surface area contributed by atoms with E-state index in [1.807, 2.05) is 6.07 Å². The molecule has 2 aromatic rings. The first-order chi connectivity index (χ1) is 12.1. The van der Waals surface area contributed by atoms with Crippen LogP contribution >= 0.6 is 0 Å². The maximum Gasteiger partial charge on any atom is 0.270 e. The van der Waals surface area contributed by atoms with Gasteiger partial charge in [-0.05, 0) is 12.1 Å². The number of benzene rings is 2. The summed E-state index contributed by atoms with van der Waals surface area (Å²) in [5.74, 6) is -0.0910. The quantitative estimate of drug-likeness (QED) is 0.191. The second kappa shape index (κ2) is 8.22. The van der Waals surface area contributed by atoms with Crippen molar-refractivity contribution in [2.45, 2.75) is 0 Å². The molecule has 0 aromatic heterocycles. The minimum absolute atomic E-state index is 0.0755. The molecule has 0 bridgehead atoms. The van der Waals surface area contributed by atoms with Crippen LogP contribution in [0.1, 0.15) is 15.9 Å². The van der Waals surface area contributed by atoms with E-state index in [0.29, 0.717) is 11.3 Å². The number of hydrogen-bond acceptors (Lipinski definition) is 5. The van der Waals surface area contributed by atoms with E-state index in [1.54, 1.807) is 30.3 Å². The maximum atomic E-state index is 12.5. The number of nitro benzene ring substituents is 1. The first-order valence-corrected chi connectivity index (χ1v) is 7.30. The lowest BCUT2D eigenvalue weighted by atomic mass is 10.0. The van der Waals surface area contributed by atoms with E-state index >= 15 is 0 Å². The van der Waals surface area contributed by atoms with Crippen molar-refractivity contribution in [2.24, 2.45) is 0 Å². The number of allylic oxidation sites excluding steroid dienone is 1. The van der Waals surface area contributed by atoms with Crippen molar-refractivity contribution in [3.8, 4) is 11.8 Å². The number of Topliss-reactive ketones (excluding diaryl/α,β-unsaturated/α-hetero) is 1. The third kappa shape index (κ3) is 4.39. The van der Waals surface area contributed by atoms with Gasteiger partial charge in [0.15, 0.2) is 0 Å². The predicted molar refractivity (Wildman–Crippen MR) is 93.2 cm³/mol. The van der Waals surface area contributed by atoms with E-state index in [4.69, 9.17) is 4.74 Å². The van der Waals surface area contributed by atoms with Crippen molar-refractivity contribution >= 4 is 17.5 Å². The van der Waals surface area contributed by atoms with Crippen molar-refractivity contribution in [3.05, 3.63) is 88.0 Å². The summed E-state index contributed by atoms with van der Waals surface area (Å²) in [4.78, 5) is 22.8. The molecule has 0 spiro atoms. The van der Waals surface area contributed by atoms with Crippen LogP contribution in [0.15, 0.2) is 66.8 Å². The summed E-state index contributed by atoms with van der Waals surface area (Å²) in [5.41, 5.74) is 0.277. The number of ketones is 1. The Hall–Kier alpha value is -3.72. The average molecular weight is 334 g/mol. The van der Waals surface area contributed by atoms with Gasteiger partial charge in [-0.2, -0.15) is 5.26 Å². The Labute approximate surface area is 144 Å². The number of rotatable bonds is 7. The van der Waals surface area contributed by atoms with Gasteiger partial charge in [0.25, 0.3) is 5.69 Å². The van der Waals surface area contributed by atoms with Crippen molar-refractivity contribution in [1.29, 1.82) is 5.26 Å². The highest BCUT2D eigenvalue weighted by Crippen LogP contribution is 2.23. The smallest absolute Gasteiger partial charge is 0.270 e. The van der Waals surface area contributed by atoms with Crippen molar-refractivity contribution in [2.75, 3.05) is 6.61 Å². The summed E-state index contributed by atoms with van der Waals surface area (Å²) in [6.45, 7) is 3.85. The van der Waals surface area contributed by atoms with Crippen LogP contribution in [0, 0.1) is 21.4 Å². The lowest BCUT2D eigenvalue weighted by molar-refractivity contribution is -0.384. The number of ether oxygens (including phenoxy) is 1. The highest BCUT2D eigenvalue weighted by Gasteiger charge is 2.16. The van der Waals surface area contributed by atoms with E-state index in [9.17, 15) is 20.2 Å². The molecule has 0 amide bonds. The lowest BCUT2D eigenvalue weighted by Crippen LogP contribution is -2.03. The van der Waals surface area contributed by atoms with Gasteiger partial charge in [-0.15, -0.1) is 0 Å². The van der Waals surface area contributed by atoms with Gasteiger partial charge in [0, 0.05) is 23.3 Å². The van der Waals surface area contributed by atoms with Gasteiger partial charge in [-0.1, -0.05) is 43.0 Å². The lowest BCUT2D eigenvalue weighted by Gasteiger charge is -2.07. The van der Waals surface area contributed by atoms with Gasteiger partial charge >= 0.3 is 0 Å². The molecule has 25 heavy (non-hydrogen) atoms. The SMILES string of the molecule is C=CCOc1ccccc1/C=C(\C#N)C(=O)c1cccc([N+](=O)[O-])c1. The highest BCUT2D eigenvalue weighted by atomic mass is 16.6. The van der Waals surface area contributed by atoms with Crippen LogP contribution in [-0.4, -0.2) is 17.3 Å². The molecule has 0 heterocycles. The number of nitro groups is 1. The second-order valence-corrected chi connectivity index (χ2v) is 4.94. The Morgan fingerprint density at radius 1 is 1.28 bits per heavy atom.